The minimum atomic E-state index is -0.605. The number of carbonyl (C=O) groups excluding carboxylic acids is 1. The molecule has 1 aliphatic heterocycles. The third-order valence-corrected chi connectivity index (χ3v) is 7.24. The highest BCUT2D eigenvalue weighted by atomic mass is 35.5. The highest BCUT2D eigenvalue weighted by Crippen LogP contribution is 2.33. The predicted molar refractivity (Wildman–Crippen MR) is 126 cm³/mol. The van der Waals surface area contributed by atoms with Crippen LogP contribution in [0.25, 0.3) is 6.08 Å². The number of esters is 1. The Balaban J connectivity index is 1.96. The van der Waals surface area contributed by atoms with Crippen LogP contribution in [-0.4, -0.2) is 16.6 Å². The monoisotopic (exact) mass is 492 g/mol. The maximum absolute atomic E-state index is 13.5. The highest BCUT2D eigenvalue weighted by molar-refractivity contribution is 7.10. The Bertz CT molecular complexity index is 1350. The number of ether oxygens (including phenoxy) is 1. The lowest BCUT2D eigenvalue weighted by atomic mass is 10.0. The molecule has 0 radical (unpaired) electrons. The lowest BCUT2D eigenvalue weighted by Crippen LogP contribution is -2.39. The zero-order valence-electron chi connectivity index (χ0n) is 16.9. The maximum atomic E-state index is 13.5. The smallest absolute Gasteiger partial charge is 0.338 e. The summed E-state index contributed by atoms with van der Waals surface area (Å²) in [7, 11) is 0. The van der Waals surface area contributed by atoms with Gasteiger partial charge in [0.15, 0.2) is 4.80 Å². The van der Waals surface area contributed by atoms with E-state index in [-0.39, 0.29) is 11.7 Å². The molecule has 31 heavy (non-hydrogen) atoms. The summed E-state index contributed by atoms with van der Waals surface area (Å²) >= 11 is 15.3. The molecule has 2 aromatic heterocycles. The van der Waals surface area contributed by atoms with E-state index in [1.807, 2.05) is 17.5 Å². The molecule has 3 aromatic rings. The second-order valence-electron chi connectivity index (χ2n) is 7.19. The van der Waals surface area contributed by atoms with Crippen molar-refractivity contribution in [2.75, 3.05) is 0 Å². The number of rotatable bonds is 4. The minimum Gasteiger partial charge on any atom is -0.459 e. The van der Waals surface area contributed by atoms with Crippen molar-refractivity contribution in [3.05, 3.63) is 87.2 Å². The molecule has 0 N–H and O–H groups in total. The first-order valence-electron chi connectivity index (χ1n) is 9.49. The molecule has 1 aliphatic rings. The molecular formula is C22H18Cl2N2O3S2. The Morgan fingerprint density at radius 1 is 1.23 bits per heavy atom. The first kappa shape index (κ1) is 22.0. The first-order chi connectivity index (χ1) is 14.8. The van der Waals surface area contributed by atoms with E-state index >= 15 is 0 Å². The van der Waals surface area contributed by atoms with Gasteiger partial charge in [-0.2, -0.15) is 0 Å². The number of fused-ring (bicyclic) bond motifs is 1. The fourth-order valence-corrected chi connectivity index (χ4v) is 5.71. The largest absolute Gasteiger partial charge is 0.459 e. The molecule has 0 unspecified atom stereocenters. The molecule has 1 atom stereocenters. The van der Waals surface area contributed by atoms with E-state index in [4.69, 9.17) is 27.9 Å². The van der Waals surface area contributed by atoms with Gasteiger partial charge in [0.1, 0.15) is 6.04 Å². The minimum absolute atomic E-state index is 0.263. The van der Waals surface area contributed by atoms with E-state index in [0.29, 0.717) is 36.2 Å². The van der Waals surface area contributed by atoms with Gasteiger partial charge >= 0.3 is 5.97 Å². The van der Waals surface area contributed by atoms with Crippen molar-refractivity contribution >= 4 is 57.9 Å². The Morgan fingerprint density at radius 3 is 2.55 bits per heavy atom. The van der Waals surface area contributed by atoms with Crippen molar-refractivity contribution in [2.24, 2.45) is 4.99 Å². The normalized spacial score (nSPS) is 16.5. The van der Waals surface area contributed by atoms with Crippen molar-refractivity contribution in [2.45, 2.75) is 32.9 Å². The summed E-state index contributed by atoms with van der Waals surface area (Å²) in [4.78, 5) is 32.3. The molecule has 0 amide bonds. The van der Waals surface area contributed by atoms with Crippen LogP contribution in [0.15, 0.2) is 56.8 Å². The summed E-state index contributed by atoms with van der Waals surface area (Å²) in [6.45, 7) is 5.34. The van der Waals surface area contributed by atoms with Gasteiger partial charge in [-0.15, -0.1) is 11.3 Å². The van der Waals surface area contributed by atoms with Crippen LogP contribution in [0.1, 0.15) is 37.3 Å². The quantitative estimate of drug-likeness (QED) is 0.501. The molecule has 0 spiro atoms. The number of allylic oxidation sites excluding steroid dienone is 1. The van der Waals surface area contributed by atoms with Gasteiger partial charge in [0.25, 0.3) is 5.56 Å². The van der Waals surface area contributed by atoms with Gasteiger partial charge in [-0.1, -0.05) is 46.7 Å². The summed E-state index contributed by atoms with van der Waals surface area (Å²) in [6.07, 6.45) is 1.38. The van der Waals surface area contributed by atoms with Gasteiger partial charge < -0.3 is 4.74 Å². The van der Waals surface area contributed by atoms with Gasteiger partial charge in [0.05, 0.1) is 21.9 Å². The van der Waals surface area contributed by atoms with E-state index in [0.717, 1.165) is 4.88 Å². The maximum Gasteiger partial charge on any atom is 0.338 e. The fraction of sp³-hybridized carbons (Fsp3) is 0.227. The van der Waals surface area contributed by atoms with E-state index < -0.39 is 12.0 Å². The lowest BCUT2D eigenvalue weighted by Gasteiger charge is -2.24. The Morgan fingerprint density at radius 2 is 1.94 bits per heavy atom. The van der Waals surface area contributed by atoms with Crippen LogP contribution < -0.4 is 14.9 Å². The molecular weight excluding hydrogens is 475 g/mol. The summed E-state index contributed by atoms with van der Waals surface area (Å²) < 4.78 is 7.45. The standard InChI is InChI=1S/C22H18Cl2N2O3S2/c1-11(2)29-21(28)18-12(3)25-22-26(19(18)16-8-5-9-30-16)20(27)17(31-22)10-13-14(23)6-4-7-15(13)24/h4-11,19H,1-3H3/b17-10+/t19-/m1/s1. The van der Waals surface area contributed by atoms with Crippen LogP contribution in [0.2, 0.25) is 10.0 Å². The summed E-state index contributed by atoms with van der Waals surface area (Å²) in [5.41, 5.74) is 1.21. The second-order valence-corrected chi connectivity index (χ2v) is 9.99. The van der Waals surface area contributed by atoms with E-state index in [1.165, 1.54) is 22.7 Å². The van der Waals surface area contributed by atoms with Gasteiger partial charge in [-0.05, 0) is 50.4 Å². The van der Waals surface area contributed by atoms with Crippen LogP contribution in [0.5, 0.6) is 0 Å². The van der Waals surface area contributed by atoms with Crippen LogP contribution in [0.3, 0.4) is 0 Å². The van der Waals surface area contributed by atoms with Crippen LogP contribution in [-0.2, 0) is 9.53 Å². The average molecular weight is 493 g/mol. The number of aromatic nitrogens is 1. The molecule has 160 valence electrons. The number of halogens is 2. The number of nitrogens with zero attached hydrogens (tertiary/aromatic N) is 2. The third-order valence-electron chi connectivity index (χ3n) is 4.67. The molecule has 0 saturated heterocycles. The van der Waals surface area contributed by atoms with Crippen molar-refractivity contribution < 1.29 is 9.53 Å². The van der Waals surface area contributed by atoms with Gasteiger partial charge in [0.2, 0.25) is 0 Å². The van der Waals surface area contributed by atoms with Crippen molar-refractivity contribution in [3.8, 4) is 0 Å². The second kappa shape index (κ2) is 8.74. The zero-order chi connectivity index (χ0) is 22.3. The Labute approximate surface area is 196 Å². The molecule has 4 rings (SSSR count). The average Bonchev–Trinajstić information content (AvgIpc) is 3.32. The number of benzene rings is 1. The molecule has 0 aliphatic carbocycles. The molecule has 1 aromatic carbocycles. The van der Waals surface area contributed by atoms with Gasteiger partial charge in [-0.3, -0.25) is 9.36 Å². The molecule has 0 bridgehead atoms. The highest BCUT2D eigenvalue weighted by Gasteiger charge is 2.34. The summed E-state index contributed by atoms with van der Waals surface area (Å²) in [5, 5.41) is 2.81. The first-order valence-corrected chi connectivity index (χ1v) is 11.9. The van der Waals surface area contributed by atoms with Crippen LogP contribution in [0.4, 0.5) is 0 Å². The topological polar surface area (TPSA) is 60.7 Å². The van der Waals surface area contributed by atoms with Crippen LogP contribution in [0, 0.1) is 0 Å². The molecule has 9 heteroatoms. The molecule has 0 saturated carbocycles. The number of thiophene rings is 1. The Hall–Kier alpha value is -2.19. The summed E-state index contributed by atoms with van der Waals surface area (Å²) in [5.74, 6) is -0.474. The van der Waals surface area contributed by atoms with Gasteiger partial charge in [-0.25, -0.2) is 9.79 Å². The van der Waals surface area contributed by atoms with Crippen molar-refractivity contribution in [3.63, 3.8) is 0 Å². The van der Waals surface area contributed by atoms with E-state index in [1.54, 1.807) is 49.6 Å². The molecule has 0 fully saturated rings. The number of thiazole rings is 1. The van der Waals surface area contributed by atoms with E-state index in [9.17, 15) is 9.59 Å². The van der Waals surface area contributed by atoms with E-state index in [2.05, 4.69) is 4.99 Å². The Kier molecular flexibility index (Phi) is 6.21. The summed E-state index contributed by atoms with van der Waals surface area (Å²) in [6, 6.07) is 8.37. The molecule has 3 heterocycles. The van der Waals surface area contributed by atoms with Crippen molar-refractivity contribution in [1.82, 2.24) is 4.57 Å². The number of hydrogen-bond donors (Lipinski definition) is 0. The number of carbonyl (C=O) groups is 1. The third kappa shape index (κ3) is 4.15. The lowest BCUT2D eigenvalue weighted by molar-refractivity contribution is -0.143. The molecule has 5 nitrogen and oxygen atoms in total. The zero-order valence-corrected chi connectivity index (χ0v) is 20.0. The SMILES string of the molecule is CC1=C(C(=O)OC(C)C)[C@@H](c2cccs2)n2c(s/c(=C/c3c(Cl)cccc3Cl)c2=O)=N1. The van der Waals surface area contributed by atoms with Gasteiger partial charge in [0, 0.05) is 20.5 Å². The fourth-order valence-electron chi connectivity index (χ4n) is 3.36. The number of hydrogen-bond acceptors (Lipinski definition) is 6. The van der Waals surface area contributed by atoms with Crippen molar-refractivity contribution in [1.29, 1.82) is 0 Å². The predicted octanol–water partition coefficient (Wildman–Crippen LogP) is 4.56. The van der Waals surface area contributed by atoms with Crippen LogP contribution >= 0.6 is 45.9 Å².